The van der Waals surface area contributed by atoms with E-state index in [1.54, 1.807) is 0 Å². The molecule has 0 aromatic rings. The lowest BCUT2D eigenvalue weighted by Gasteiger charge is -2.21. The van der Waals surface area contributed by atoms with Crippen molar-refractivity contribution in [1.29, 1.82) is 0 Å². The topological polar surface area (TPSA) is 15.3 Å². The van der Waals surface area contributed by atoms with Crippen LogP contribution in [0.2, 0.25) is 0 Å². The van der Waals surface area contributed by atoms with Gasteiger partial charge in [-0.2, -0.15) is 0 Å². The van der Waals surface area contributed by atoms with E-state index in [9.17, 15) is 0 Å². The molecule has 0 radical (unpaired) electrons. The van der Waals surface area contributed by atoms with Gasteiger partial charge in [-0.1, -0.05) is 46.0 Å². The van der Waals surface area contributed by atoms with Gasteiger partial charge in [-0.05, 0) is 25.4 Å². The van der Waals surface area contributed by atoms with Crippen LogP contribution >= 0.6 is 0 Å². The number of hydrogen-bond donors (Lipinski definition) is 1. The van der Waals surface area contributed by atoms with Crippen molar-refractivity contribution >= 4 is 0 Å². The second-order valence-corrected chi connectivity index (χ2v) is 5.38. The van der Waals surface area contributed by atoms with Crippen molar-refractivity contribution in [3.63, 3.8) is 0 Å². The molecular formula is C14H30N2. The largest absolute Gasteiger partial charge is 0.315 e. The van der Waals surface area contributed by atoms with Crippen LogP contribution < -0.4 is 5.32 Å². The second kappa shape index (κ2) is 9.00. The van der Waals surface area contributed by atoms with Crippen LogP contribution in [-0.4, -0.2) is 37.6 Å². The van der Waals surface area contributed by atoms with E-state index in [-0.39, 0.29) is 0 Å². The minimum Gasteiger partial charge on any atom is -0.315 e. The van der Waals surface area contributed by atoms with E-state index >= 15 is 0 Å². The van der Waals surface area contributed by atoms with E-state index in [1.165, 1.54) is 71.2 Å². The lowest BCUT2D eigenvalue weighted by molar-refractivity contribution is 0.258. The second-order valence-electron chi connectivity index (χ2n) is 5.38. The Labute approximate surface area is 102 Å². The Balaban J connectivity index is 1.98. The Kier molecular flexibility index (Phi) is 7.87. The molecule has 0 amide bonds. The van der Waals surface area contributed by atoms with Crippen LogP contribution in [0.5, 0.6) is 0 Å². The summed E-state index contributed by atoms with van der Waals surface area (Å²) >= 11 is 0. The van der Waals surface area contributed by atoms with Crippen LogP contribution in [-0.2, 0) is 0 Å². The minimum absolute atomic E-state index is 0.822. The van der Waals surface area contributed by atoms with Crippen LogP contribution in [0, 0.1) is 5.92 Å². The molecule has 1 rings (SSSR count). The highest BCUT2D eigenvalue weighted by Crippen LogP contribution is 2.08. The molecule has 1 heterocycles. The first-order chi connectivity index (χ1) is 7.83. The van der Waals surface area contributed by atoms with Gasteiger partial charge in [0.25, 0.3) is 0 Å². The Bertz CT molecular complexity index is 159. The van der Waals surface area contributed by atoms with Gasteiger partial charge in [-0.25, -0.2) is 0 Å². The Morgan fingerprint density at radius 2 is 1.88 bits per heavy atom. The molecule has 2 nitrogen and oxygen atoms in total. The number of nitrogens with one attached hydrogen (secondary N) is 1. The van der Waals surface area contributed by atoms with Gasteiger partial charge >= 0.3 is 0 Å². The molecule has 1 fully saturated rings. The molecule has 0 spiro atoms. The summed E-state index contributed by atoms with van der Waals surface area (Å²) in [5, 5.41) is 3.50. The molecule has 0 aromatic heterocycles. The molecule has 1 N–H and O–H groups in total. The van der Waals surface area contributed by atoms with E-state index in [0.29, 0.717) is 0 Å². The first-order valence-corrected chi connectivity index (χ1v) is 7.26. The lowest BCUT2D eigenvalue weighted by atomic mass is 10.1. The third-order valence-electron chi connectivity index (χ3n) is 3.50. The summed E-state index contributed by atoms with van der Waals surface area (Å²) in [6, 6.07) is 0. The highest BCUT2D eigenvalue weighted by molar-refractivity contribution is 4.70. The van der Waals surface area contributed by atoms with Gasteiger partial charge in [0.1, 0.15) is 0 Å². The molecular weight excluding hydrogens is 196 g/mol. The van der Waals surface area contributed by atoms with E-state index in [1.807, 2.05) is 0 Å². The zero-order chi connectivity index (χ0) is 11.6. The first-order valence-electron chi connectivity index (χ1n) is 7.26. The SMILES string of the molecule is CCCCCCCCN1CCNCC(C)C1. The van der Waals surface area contributed by atoms with Crippen LogP contribution in [0.1, 0.15) is 52.4 Å². The van der Waals surface area contributed by atoms with Gasteiger partial charge in [0.15, 0.2) is 0 Å². The van der Waals surface area contributed by atoms with Gasteiger partial charge in [0.2, 0.25) is 0 Å². The molecule has 0 aliphatic carbocycles. The fraction of sp³-hybridized carbons (Fsp3) is 1.00. The maximum atomic E-state index is 3.50. The number of hydrogen-bond acceptors (Lipinski definition) is 2. The summed E-state index contributed by atoms with van der Waals surface area (Å²) in [6.45, 7) is 10.9. The standard InChI is InChI=1S/C14H30N2/c1-3-4-5-6-7-8-10-16-11-9-15-12-14(2)13-16/h14-15H,3-13H2,1-2H3. The zero-order valence-corrected chi connectivity index (χ0v) is 11.3. The predicted molar refractivity (Wildman–Crippen MR) is 71.8 cm³/mol. The molecule has 1 aliphatic rings. The van der Waals surface area contributed by atoms with Gasteiger partial charge in [-0.3, -0.25) is 0 Å². The maximum Gasteiger partial charge on any atom is 0.0107 e. The predicted octanol–water partition coefficient (Wildman–Crippen LogP) is 2.89. The van der Waals surface area contributed by atoms with Gasteiger partial charge in [-0.15, -0.1) is 0 Å². The molecule has 96 valence electrons. The molecule has 1 atom stereocenters. The summed E-state index contributed by atoms with van der Waals surface area (Å²) in [4.78, 5) is 2.64. The zero-order valence-electron chi connectivity index (χ0n) is 11.3. The lowest BCUT2D eigenvalue weighted by Crippen LogP contribution is -2.30. The fourth-order valence-corrected chi connectivity index (χ4v) is 2.50. The smallest absolute Gasteiger partial charge is 0.0107 e. The molecule has 2 heteroatoms. The van der Waals surface area contributed by atoms with Gasteiger partial charge in [0.05, 0.1) is 0 Å². The van der Waals surface area contributed by atoms with Crippen molar-refractivity contribution in [2.45, 2.75) is 52.4 Å². The Hall–Kier alpha value is -0.0800. The van der Waals surface area contributed by atoms with Crippen molar-refractivity contribution in [1.82, 2.24) is 10.2 Å². The third kappa shape index (κ3) is 6.49. The average Bonchev–Trinajstić information content (AvgIpc) is 2.48. The van der Waals surface area contributed by atoms with E-state index in [0.717, 1.165) is 5.92 Å². The summed E-state index contributed by atoms with van der Waals surface area (Å²) in [7, 11) is 0. The molecule has 0 saturated carbocycles. The maximum absolute atomic E-state index is 3.50. The van der Waals surface area contributed by atoms with Gasteiger partial charge < -0.3 is 10.2 Å². The molecule has 1 aliphatic heterocycles. The Morgan fingerprint density at radius 3 is 2.69 bits per heavy atom. The minimum atomic E-state index is 0.822. The van der Waals surface area contributed by atoms with Crippen LogP contribution in [0.25, 0.3) is 0 Å². The van der Waals surface area contributed by atoms with Crippen LogP contribution in [0.15, 0.2) is 0 Å². The van der Waals surface area contributed by atoms with Gasteiger partial charge in [0, 0.05) is 19.6 Å². The fourth-order valence-electron chi connectivity index (χ4n) is 2.50. The molecule has 1 unspecified atom stereocenters. The quantitative estimate of drug-likeness (QED) is 0.672. The monoisotopic (exact) mass is 226 g/mol. The summed E-state index contributed by atoms with van der Waals surface area (Å²) in [6.07, 6.45) is 8.48. The average molecular weight is 226 g/mol. The number of unbranched alkanes of at least 4 members (excludes halogenated alkanes) is 5. The highest BCUT2D eigenvalue weighted by Gasteiger charge is 2.13. The van der Waals surface area contributed by atoms with Crippen LogP contribution in [0.4, 0.5) is 0 Å². The number of nitrogens with zero attached hydrogens (tertiary/aromatic N) is 1. The van der Waals surface area contributed by atoms with E-state index in [4.69, 9.17) is 0 Å². The molecule has 0 aromatic carbocycles. The van der Waals surface area contributed by atoms with Crippen molar-refractivity contribution < 1.29 is 0 Å². The summed E-state index contributed by atoms with van der Waals surface area (Å²) in [5.74, 6) is 0.822. The van der Waals surface area contributed by atoms with E-state index < -0.39 is 0 Å². The molecule has 16 heavy (non-hydrogen) atoms. The van der Waals surface area contributed by atoms with Crippen molar-refractivity contribution in [2.24, 2.45) is 5.92 Å². The molecule has 0 bridgehead atoms. The third-order valence-corrected chi connectivity index (χ3v) is 3.50. The summed E-state index contributed by atoms with van der Waals surface area (Å²) in [5.41, 5.74) is 0. The van der Waals surface area contributed by atoms with E-state index in [2.05, 4.69) is 24.1 Å². The first kappa shape index (κ1) is 14.0. The Morgan fingerprint density at radius 1 is 1.12 bits per heavy atom. The van der Waals surface area contributed by atoms with Crippen LogP contribution in [0.3, 0.4) is 0 Å². The van der Waals surface area contributed by atoms with Crippen molar-refractivity contribution in [3.8, 4) is 0 Å². The molecule has 1 saturated heterocycles. The van der Waals surface area contributed by atoms with Crippen molar-refractivity contribution in [2.75, 3.05) is 32.7 Å². The summed E-state index contributed by atoms with van der Waals surface area (Å²) < 4.78 is 0. The highest BCUT2D eigenvalue weighted by atomic mass is 15.2. The normalized spacial score (nSPS) is 23.2. The number of rotatable bonds is 7. The van der Waals surface area contributed by atoms with Crippen molar-refractivity contribution in [3.05, 3.63) is 0 Å².